The molecule has 1 unspecified atom stereocenters. The maximum absolute atomic E-state index is 5.63. The van der Waals surface area contributed by atoms with E-state index in [1.165, 1.54) is 0 Å². The number of rotatable bonds is 7. The van der Waals surface area contributed by atoms with E-state index in [-0.39, 0.29) is 18.4 Å². The fraction of sp³-hybridized carbons (Fsp3) is 0.412. The molecule has 1 aromatic heterocycles. The molecule has 0 spiro atoms. The fourth-order valence-electron chi connectivity index (χ4n) is 2.28. The van der Waals surface area contributed by atoms with E-state index in [0.717, 1.165) is 22.8 Å². The van der Waals surface area contributed by atoms with Gasteiger partial charge in [-0.15, -0.1) is 12.4 Å². The predicted molar refractivity (Wildman–Crippen MR) is 92.0 cm³/mol. The van der Waals surface area contributed by atoms with Crippen molar-refractivity contribution in [2.75, 3.05) is 21.3 Å². The van der Waals surface area contributed by atoms with Gasteiger partial charge in [0.15, 0.2) is 11.5 Å². The summed E-state index contributed by atoms with van der Waals surface area (Å²) < 4.78 is 21.7. The third-order valence-electron chi connectivity index (χ3n) is 3.57. The van der Waals surface area contributed by atoms with Gasteiger partial charge in [0.05, 0.1) is 27.4 Å². The molecular weight excluding hydrogens is 318 g/mol. The van der Waals surface area contributed by atoms with Gasteiger partial charge in [-0.25, -0.2) is 0 Å². The summed E-state index contributed by atoms with van der Waals surface area (Å²) in [4.78, 5) is 0. The first-order chi connectivity index (χ1) is 10.6. The molecule has 0 saturated carbocycles. The molecule has 2 rings (SSSR count). The number of methoxy groups -OCH3 is 3. The van der Waals surface area contributed by atoms with Gasteiger partial charge in [0.25, 0.3) is 0 Å². The number of aryl methyl sites for hydroxylation is 1. The number of ether oxygens (including phenoxy) is 3. The summed E-state index contributed by atoms with van der Waals surface area (Å²) >= 11 is 0. The van der Waals surface area contributed by atoms with Gasteiger partial charge in [0, 0.05) is 18.2 Å². The van der Waals surface area contributed by atoms with E-state index in [9.17, 15) is 0 Å². The second-order valence-corrected chi connectivity index (χ2v) is 5.07. The minimum Gasteiger partial charge on any atom is -0.496 e. The topological polar surface area (TPSA) is 52.9 Å². The molecule has 0 fully saturated rings. The van der Waals surface area contributed by atoms with Crippen molar-refractivity contribution >= 4 is 12.4 Å². The Morgan fingerprint density at radius 3 is 2.13 bits per heavy atom. The summed E-state index contributed by atoms with van der Waals surface area (Å²) in [5, 5.41) is 3.42. The van der Waals surface area contributed by atoms with Crippen LogP contribution in [-0.2, 0) is 6.54 Å². The van der Waals surface area contributed by atoms with E-state index < -0.39 is 0 Å². The zero-order valence-electron chi connectivity index (χ0n) is 14.1. The van der Waals surface area contributed by atoms with Gasteiger partial charge in [0.1, 0.15) is 17.3 Å². The van der Waals surface area contributed by atoms with E-state index in [4.69, 9.17) is 18.6 Å². The van der Waals surface area contributed by atoms with Crippen LogP contribution >= 0.6 is 12.4 Å². The lowest BCUT2D eigenvalue weighted by Gasteiger charge is -2.16. The highest BCUT2D eigenvalue weighted by Crippen LogP contribution is 2.34. The lowest BCUT2D eigenvalue weighted by Crippen LogP contribution is -2.18. The van der Waals surface area contributed by atoms with Crippen LogP contribution in [-0.4, -0.2) is 21.3 Å². The van der Waals surface area contributed by atoms with Gasteiger partial charge >= 0.3 is 0 Å². The SMILES string of the molecule is COc1cc(OC)c(OC)cc1CNC(C)c1ccc(C)o1.Cl. The van der Waals surface area contributed by atoms with Gasteiger partial charge in [-0.1, -0.05) is 0 Å². The third kappa shape index (κ3) is 4.56. The Bertz CT molecular complexity index is 627. The van der Waals surface area contributed by atoms with Gasteiger partial charge in [-0.3, -0.25) is 0 Å². The second kappa shape index (κ2) is 8.70. The molecule has 128 valence electrons. The average molecular weight is 342 g/mol. The van der Waals surface area contributed by atoms with Crippen LogP contribution in [0.3, 0.4) is 0 Å². The molecule has 5 nitrogen and oxygen atoms in total. The van der Waals surface area contributed by atoms with E-state index in [0.29, 0.717) is 18.0 Å². The number of benzene rings is 1. The van der Waals surface area contributed by atoms with Crippen LogP contribution in [0.1, 0.15) is 30.0 Å². The highest BCUT2D eigenvalue weighted by molar-refractivity contribution is 5.85. The average Bonchev–Trinajstić information content (AvgIpc) is 2.98. The van der Waals surface area contributed by atoms with E-state index in [1.807, 2.05) is 31.2 Å². The van der Waals surface area contributed by atoms with Gasteiger partial charge in [-0.2, -0.15) is 0 Å². The first-order valence-electron chi connectivity index (χ1n) is 7.17. The molecule has 2 aromatic rings. The Balaban J connectivity index is 0.00000264. The van der Waals surface area contributed by atoms with E-state index in [1.54, 1.807) is 21.3 Å². The Kier molecular flexibility index (Phi) is 7.26. The zero-order chi connectivity index (χ0) is 16.1. The summed E-state index contributed by atoms with van der Waals surface area (Å²) in [5.74, 6) is 3.91. The van der Waals surface area contributed by atoms with Crippen molar-refractivity contribution in [3.8, 4) is 17.2 Å². The van der Waals surface area contributed by atoms with Crippen LogP contribution in [0.5, 0.6) is 17.2 Å². The van der Waals surface area contributed by atoms with Crippen LogP contribution < -0.4 is 19.5 Å². The molecule has 0 aliphatic heterocycles. The Morgan fingerprint density at radius 1 is 1.00 bits per heavy atom. The maximum atomic E-state index is 5.63. The minimum atomic E-state index is 0. The number of hydrogen-bond donors (Lipinski definition) is 1. The molecule has 0 amide bonds. The highest BCUT2D eigenvalue weighted by Gasteiger charge is 2.14. The fourth-order valence-corrected chi connectivity index (χ4v) is 2.28. The highest BCUT2D eigenvalue weighted by atomic mass is 35.5. The molecule has 0 saturated heterocycles. The van der Waals surface area contributed by atoms with Gasteiger partial charge < -0.3 is 23.9 Å². The van der Waals surface area contributed by atoms with Crippen molar-refractivity contribution in [3.05, 3.63) is 41.3 Å². The number of hydrogen-bond acceptors (Lipinski definition) is 5. The molecule has 6 heteroatoms. The van der Waals surface area contributed by atoms with Crippen LogP contribution in [0.15, 0.2) is 28.7 Å². The van der Waals surface area contributed by atoms with E-state index >= 15 is 0 Å². The lowest BCUT2D eigenvalue weighted by molar-refractivity contribution is 0.346. The molecule has 0 aliphatic carbocycles. The molecular formula is C17H24ClNO4. The third-order valence-corrected chi connectivity index (χ3v) is 3.57. The lowest BCUT2D eigenvalue weighted by atomic mass is 10.1. The van der Waals surface area contributed by atoms with Crippen LogP contribution in [0, 0.1) is 6.92 Å². The summed E-state index contributed by atoms with van der Waals surface area (Å²) in [6.07, 6.45) is 0. The largest absolute Gasteiger partial charge is 0.496 e. The Labute approximate surface area is 143 Å². The number of nitrogens with one attached hydrogen (secondary N) is 1. The number of furan rings is 1. The van der Waals surface area contributed by atoms with Gasteiger partial charge in [0.2, 0.25) is 0 Å². The Hall–Kier alpha value is -1.85. The van der Waals surface area contributed by atoms with Crippen molar-refractivity contribution in [1.29, 1.82) is 0 Å². The van der Waals surface area contributed by atoms with Crippen LogP contribution in [0.2, 0.25) is 0 Å². The molecule has 23 heavy (non-hydrogen) atoms. The Morgan fingerprint density at radius 2 is 1.61 bits per heavy atom. The van der Waals surface area contributed by atoms with Crippen molar-refractivity contribution in [1.82, 2.24) is 5.32 Å². The normalized spacial score (nSPS) is 11.5. The van der Waals surface area contributed by atoms with Crippen molar-refractivity contribution in [3.63, 3.8) is 0 Å². The molecule has 1 N–H and O–H groups in total. The molecule has 1 aromatic carbocycles. The van der Waals surface area contributed by atoms with Crippen LogP contribution in [0.25, 0.3) is 0 Å². The summed E-state index contributed by atoms with van der Waals surface area (Å²) in [6, 6.07) is 7.80. The second-order valence-electron chi connectivity index (χ2n) is 5.07. The summed E-state index contributed by atoms with van der Waals surface area (Å²) in [7, 11) is 4.87. The van der Waals surface area contributed by atoms with Crippen LogP contribution in [0.4, 0.5) is 0 Å². The molecule has 1 heterocycles. The predicted octanol–water partition coefficient (Wildman–Crippen LogP) is 3.89. The van der Waals surface area contributed by atoms with E-state index in [2.05, 4.69) is 12.2 Å². The maximum Gasteiger partial charge on any atom is 0.164 e. The minimum absolute atomic E-state index is 0. The number of halogens is 1. The molecule has 0 radical (unpaired) electrons. The zero-order valence-corrected chi connectivity index (χ0v) is 15.0. The summed E-state index contributed by atoms with van der Waals surface area (Å²) in [6.45, 7) is 4.63. The van der Waals surface area contributed by atoms with Crippen molar-refractivity contribution in [2.45, 2.75) is 26.4 Å². The monoisotopic (exact) mass is 341 g/mol. The standard InChI is InChI=1S/C17H23NO4.ClH/c1-11-6-7-14(22-11)12(2)18-10-13-8-16(20-4)17(21-5)9-15(13)19-3;/h6-9,12,18H,10H2,1-5H3;1H. The molecule has 0 aliphatic rings. The van der Waals surface area contributed by atoms with Gasteiger partial charge in [-0.05, 0) is 32.0 Å². The van der Waals surface area contributed by atoms with Crippen molar-refractivity contribution < 1.29 is 18.6 Å². The molecule has 1 atom stereocenters. The smallest absolute Gasteiger partial charge is 0.164 e. The van der Waals surface area contributed by atoms with Crippen molar-refractivity contribution in [2.24, 2.45) is 0 Å². The quantitative estimate of drug-likeness (QED) is 0.828. The summed E-state index contributed by atoms with van der Waals surface area (Å²) in [5.41, 5.74) is 0.996. The first kappa shape index (κ1) is 19.2. The molecule has 0 bridgehead atoms. The first-order valence-corrected chi connectivity index (χ1v) is 7.17.